The summed E-state index contributed by atoms with van der Waals surface area (Å²) >= 11 is -1.26. The molecule has 2 rings (SSSR count). The van der Waals surface area contributed by atoms with Crippen molar-refractivity contribution in [3.63, 3.8) is 0 Å². The molecule has 242 valence electrons. The summed E-state index contributed by atoms with van der Waals surface area (Å²) < 4.78 is 27.0. The molecule has 1 saturated heterocycles. The van der Waals surface area contributed by atoms with Gasteiger partial charge in [-0.25, -0.2) is 0 Å². The van der Waals surface area contributed by atoms with E-state index < -0.39 is 54.1 Å². The summed E-state index contributed by atoms with van der Waals surface area (Å²) in [5.41, 5.74) is 2.30. The van der Waals surface area contributed by atoms with Crippen molar-refractivity contribution < 1.29 is 23.7 Å². The summed E-state index contributed by atoms with van der Waals surface area (Å²) in [6.07, 6.45) is 8.88. The van der Waals surface area contributed by atoms with Gasteiger partial charge < -0.3 is 0 Å². The Labute approximate surface area is 270 Å². The van der Waals surface area contributed by atoms with Crippen LogP contribution < -0.4 is 0 Å². The molecule has 0 spiro atoms. The Morgan fingerprint density at radius 3 is 1.76 bits per heavy atom. The minimum atomic E-state index is -2.33. The first-order chi connectivity index (χ1) is 20.0. The van der Waals surface area contributed by atoms with E-state index in [0.29, 0.717) is 26.7 Å². The number of ether oxygens (including phenoxy) is 3. The van der Waals surface area contributed by atoms with Gasteiger partial charge in [-0.3, -0.25) is 0 Å². The monoisotopic (exact) mass is 712 g/mol. The number of aliphatic hydroxyl groups is 1. The molecule has 2 radical (unpaired) electrons. The van der Waals surface area contributed by atoms with Gasteiger partial charge >= 0.3 is 272 Å². The van der Waals surface area contributed by atoms with Crippen molar-refractivity contribution in [2.75, 3.05) is 7.11 Å². The molecule has 1 aliphatic rings. The number of benzene rings is 1. The second-order valence-corrected chi connectivity index (χ2v) is 24.4. The number of rotatable bonds is 20. The molecule has 0 aromatic heterocycles. The Morgan fingerprint density at radius 1 is 0.833 bits per heavy atom. The SMILES string of the molecule is CCCC[C](CCCC)(CCCC)[Sn][C@H]1O[C@@H](OC)[C@H](OCc2ccccc2)[C@@H](O[Si](C(C)C)(C(C)C)C(C)C)[C@@H]1O. The van der Waals surface area contributed by atoms with E-state index in [1.165, 1.54) is 57.8 Å². The molecule has 1 aliphatic heterocycles. The molecule has 1 aromatic rings. The molecule has 0 saturated carbocycles. The Morgan fingerprint density at radius 2 is 1.33 bits per heavy atom. The number of methoxy groups -OCH3 is 1. The zero-order valence-corrected chi connectivity index (χ0v) is 32.5. The molecule has 0 bridgehead atoms. The molecule has 5 nitrogen and oxygen atoms in total. The molecule has 0 unspecified atom stereocenters. The second kappa shape index (κ2) is 18.9. The first-order valence-corrected chi connectivity index (χ1v) is 22.2. The molecule has 1 aromatic carbocycles. The summed E-state index contributed by atoms with van der Waals surface area (Å²) in [7, 11) is -0.613. The third kappa shape index (κ3) is 10.0. The van der Waals surface area contributed by atoms with Gasteiger partial charge in [0.05, 0.1) is 0 Å². The van der Waals surface area contributed by atoms with Crippen LogP contribution in [0.15, 0.2) is 30.3 Å². The van der Waals surface area contributed by atoms with E-state index in [9.17, 15) is 5.11 Å². The van der Waals surface area contributed by atoms with Crippen LogP contribution in [0.2, 0.25) is 20.1 Å². The van der Waals surface area contributed by atoms with Crippen molar-refractivity contribution in [1.29, 1.82) is 0 Å². The standard InChI is InChI=1S/C22H37O5Si.C13H27.Sn/c1-15(2)28(16(3)4,17(5)6)27-20-19(23)14-26-22(24-7)21(20)25-13-18-11-9-8-10-12-18;1-4-7-10-13(11-8-5-2)12-9-6-3;/h8-12,14-17,19-23H,13H2,1-7H3;4-12H2,1-3H3;/t19-,20+,21-,22-;;/m1../s1. The van der Waals surface area contributed by atoms with Crippen LogP contribution in [-0.2, 0) is 25.2 Å². The van der Waals surface area contributed by atoms with Crippen LogP contribution >= 0.6 is 0 Å². The molecule has 7 heteroatoms. The van der Waals surface area contributed by atoms with Gasteiger partial charge in [0.2, 0.25) is 0 Å². The predicted molar refractivity (Wildman–Crippen MR) is 180 cm³/mol. The van der Waals surface area contributed by atoms with Gasteiger partial charge in [-0.2, -0.15) is 0 Å². The molecule has 1 N–H and O–H groups in total. The first-order valence-electron chi connectivity index (χ1n) is 17.0. The summed E-state index contributed by atoms with van der Waals surface area (Å²) in [5, 5.41) is 12.3. The first kappa shape index (κ1) is 38.2. The van der Waals surface area contributed by atoms with Crippen molar-refractivity contribution in [1.82, 2.24) is 0 Å². The average molecular weight is 712 g/mol. The summed E-state index contributed by atoms with van der Waals surface area (Å²) in [6.45, 7) is 21.2. The quantitative estimate of drug-likeness (QED) is 0.137. The average Bonchev–Trinajstić information content (AvgIpc) is 2.97. The molecule has 0 aliphatic carbocycles. The van der Waals surface area contributed by atoms with Crippen LogP contribution in [-0.4, -0.2) is 70.4 Å². The zero-order chi connectivity index (χ0) is 31.3. The Bertz CT molecular complexity index is 807. The van der Waals surface area contributed by atoms with E-state index in [1.54, 1.807) is 7.11 Å². The van der Waals surface area contributed by atoms with E-state index in [4.69, 9.17) is 18.6 Å². The van der Waals surface area contributed by atoms with Gasteiger partial charge in [-0.1, -0.05) is 0 Å². The van der Waals surface area contributed by atoms with E-state index in [0.717, 1.165) is 5.56 Å². The number of hydrogen-bond acceptors (Lipinski definition) is 5. The summed E-state index contributed by atoms with van der Waals surface area (Å²) in [6, 6.07) is 10.2. The third-order valence-electron chi connectivity index (χ3n) is 9.56. The maximum atomic E-state index is 12.3. The third-order valence-corrected chi connectivity index (χ3v) is 21.7. The van der Waals surface area contributed by atoms with Gasteiger partial charge in [0.1, 0.15) is 0 Å². The number of unbranched alkanes of at least 4 members (excludes halogenated alkanes) is 3. The number of hydrogen-bond donors (Lipinski definition) is 1. The van der Waals surface area contributed by atoms with Crippen molar-refractivity contribution in [2.24, 2.45) is 0 Å². The van der Waals surface area contributed by atoms with E-state index in [2.05, 4.69) is 74.4 Å². The second-order valence-electron chi connectivity index (χ2n) is 13.5. The minimum absolute atomic E-state index is 0.191. The van der Waals surface area contributed by atoms with Crippen molar-refractivity contribution in [2.45, 2.75) is 175 Å². The Balaban J connectivity index is 2.54. The van der Waals surface area contributed by atoms with E-state index in [1.807, 2.05) is 18.2 Å². The fourth-order valence-corrected chi connectivity index (χ4v) is 18.9. The van der Waals surface area contributed by atoms with E-state index >= 15 is 0 Å². The maximum absolute atomic E-state index is 12.3. The van der Waals surface area contributed by atoms with Crippen LogP contribution in [0.5, 0.6) is 0 Å². The van der Waals surface area contributed by atoms with E-state index in [-0.39, 0.29) is 4.12 Å². The summed E-state index contributed by atoms with van der Waals surface area (Å²) in [4.78, 5) is 0. The van der Waals surface area contributed by atoms with Crippen molar-refractivity contribution >= 4 is 29.5 Å². The molecule has 0 amide bonds. The topological polar surface area (TPSA) is 57.2 Å². The van der Waals surface area contributed by atoms with Gasteiger partial charge in [-0.15, -0.1) is 0 Å². The molecular weight excluding hydrogens is 647 g/mol. The fraction of sp³-hybridized carbons (Fsp3) is 0.829. The zero-order valence-electron chi connectivity index (χ0n) is 28.7. The van der Waals surface area contributed by atoms with Crippen LogP contribution in [0, 0.1) is 0 Å². The van der Waals surface area contributed by atoms with Crippen molar-refractivity contribution in [3.05, 3.63) is 35.9 Å². The van der Waals surface area contributed by atoms with Gasteiger partial charge in [-0.05, 0) is 0 Å². The Kier molecular flexibility index (Phi) is 17.2. The fourth-order valence-electron chi connectivity index (χ4n) is 7.29. The molecular formula is C35H64O5SiSn. The van der Waals surface area contributed by atoms with Gasteiger partial charge in [0.15, 0.2) is 0 Å². The van der Waals surface area contributed by atoms with Gasteiger partial charge in [0, 0.05) is 0 Å². The normalized spacial score (nSPS) is 23.8. The predicted octanol–water partition coefficient (Wildman–Crippen LogP) is 9.26. The Hall–Kier alpha value is 0.0356. The van der Waals surface area contributed by atoms with Crippen LogP contribution in [0.4, 0.5) is 0 Å². The van der Waals surface area contributed by atoms with Crippen LogP contribution in [0.3, 0.4) is 0 Å². The number of aliphatic hydroxyl groups excluding tert-OH is 1. The molecule has 5 atom stereocenters. The van der Waals surface area contributed by atoms with Crippen LogP contribution in [0.25, 0.3) is 0 Å². The molecule has 1 heterocycles. The molecule has 42 heavy (non-hydrogen) atoms. The van der Waals surface area contributed by atoms with Crippen molar-refractivity contribution in [3.8, 4) is 0 Å². The molecule has 1 fully saturated rings. The summed E-state index contributed by atoms with van der Waals surface area (Å²) in [5.74, 6) is 0. The van der Waals surface area contributed by atoms with Crippen LogP contribution in [0.1, 0.15) is 126 Å². The van der Waals surface area contributed by atoms with Gasteiger partial charge in [0.25, 0.3) is 0 Å².